The lowest BCUT2D eigenvalue weighted by molar-refractivity contribution is -0.117. The SMILES string of the molecule is CC1(C)C[C@H](C(=O)Nc2cnc(OC3CC3)c(Cl)c2)c2cnc3cc(Cl)nn3c21. The number of anilines is 1. The maximum absolute atomic E-state index is 13.1. The highest BCUT2D eigenvalue weighted by atomic mass is 35.5. The third-order valence-electron chi connectivity index (χ3n) is 5.41. The molecular weight excluding hydrogens is 413 g/mol. The van der Waals surface area contributed by atoms with Crippen LogP contribution in [0, 0.1) is 0 Å². The van der Waals surface area contributed by atoms with Crippen LogP contribution in [0.4, 0.5) is 5.69 Å². The highest BCUT2D eigenvalue weighted by Crippen LogP contribution is 2.46. The first kappa shape index (κ1) is 18.6. The van der Waals surface area contributed by atoms with Crippen molar-refractivity contribution in [2.24, 2.45) is 0 Å². The lowest BCUT2D eigenvalue weighted by atomic mass is 9.88. The number of hydrogen-bond donors (Lipinski definition) is 1. The number of fused-ring (bicyclic) bond motifs is 3. The minimum Gasteiger partial charge on any atom is -0.473 e. The molecule has 0 bridgehead atoms. The van der Waals surface area contributed by atoms with E-state index in [-0.39, 0.29) is 23.3 Å². The predicted octanol–water partition coefficient (Wildman–Crippen LogP) is 4.38. The minimum atomic E-state index is -0.360. The molecule has 7 nitrogen and oxygen atoms in total. The molecule has 0 spiro atoms. The number of carbonyl (C=O) groups is 1. The van der Waals surface area contributed by atoms with Gasteiger partial charge in [0, 0.05) is 23.2 Å². The lowest BCUT2D eigenvalue weighted by Crippen LogP contribution is -2.21. The van der Waals surface area contributed by atoms with Crippen LogP contribution in [0.1, 0.15) is 50.3 Å². The maximum Gasteiger partial charge on any atom is 0.232 e. The second-order valence-electron chi connectivity index (χ2n) is 8.26. The van der Waals surface area contributed by atoms with Crippen molar-refractivity contribution in [2.45, 2.75) is 50.5 Å². The number of pyridine rings is 1. The quantitative estimate of drug-likeness (QED) is 0.662. The normalized spacial score (nSPS) is 19.9. The highest BCUT2D eigenvalue weighted by Gasteiger charge is 2.43. The monoisotopic (exact) mass is 431 g/mol. The number of carbonyl (C=O) groups excluding carboxylic acids is 1. The van der Waals surface area contributed by atoms with Crippen LogP contribution >= 0.6 is 23.2 Å². The first-order valence-electron chi connectivity index (χ1n) is 9.49. The maximum atomic E-state index is 13.1. The van der Waals surface area contributed by atoms with Gasteiger partial charge in [-0.3, -0.25) is 4.79 Å². The van der Waals surface area contributed by atoms with Crippen LogP contribution in [0.2, 0.25) is 10.2 Å². The van der Waals surface area contributed by atoms with Crippen LogP contribution in [-0.2, 0) is 10.2 Å². The van der Waals surface area contributed by atoms with Crippen LogP contribution in [-0.4, -0.2) is 31.6 Å². The summed E-state index contributed by atoms with van der Waals surface area (Å²) in [7, 11) is 0. The number of rotatable bonds is 4. The second kappa shape index (κ2) is 6.57. The molecule has 9 heteroatoms. The molecule has 1 atom stereocenters. The van der Waals surface area contributed by atoms with Gasteiger partial charge in [0.1, 0.15) is 11.1 Å². The van der Waals surface area contributed by atoms with E-state index in [1.165, 1.54) is 0 Å². The molecule has 3 aromatic heterocycles. The van der Waals surface area contributed by atoms with Crippen molar-refractivity contribution in [1.82, 2.24) is 19.6 Å². The third kappa shape index (κ3) is 3.32. The smallest absolute Gasteiger partial charge is 0.232 e. The zero-order chi connectivity index (χ0) is 20.3. The number of amides is 1. The molecule has 2 aliphatic carbocycles. The first-order valence-corrected chi connectivity index (χ1v) is 10.2. The number of hydrogen-bond acceptors (Lipinski definition) is 5. The minimum absolute atomic E-state index is 0.134. The van der Waals surface area contributed by atoms with Gasteiger partial charge >= 0.3 is 0 Å². The van der Waals surface area contributed by atoms with E-state index in [9.17, 15) is 4.79 Å². The van der Waals surface area contributed by atoms with Crippen molar-refractivity contribution >= 4 is 40.4 Å². The van der Waals surface area contributed by atoms with E-state index in [1.54, 1.807) is 29.0 Å². The molecule has 1 amide bonds. The molecule has 3 aromatic rings. The molecule has 29 heavy (non-hydrogen) atoms. The number of halogens is 2. The van der Waals surface area contributed by atoms with Crippen molar-refractivity contribution in [3.63, 3.8) is 0 Å². The Morgan fingerprint density at radius 3 is 2.76 bits per heavy atom. The molecule has 3 heterocycles. The Kier molecular flexibility index (Phi) is 4.22. The Morgan fingerprint density at radius 1 is 1.24 bits per heavy atom. The molecule has 1 fully saturated rings. The van der Waals surface area contributed by atoms with Gasteiger partial charge < -0.3 is 10.1 Å². The van der Waals surface area contributed by atoms with Gasteiger partial charge in [0.15, 0.2) is 10.8 Å². The van der Waals surface area contributed by atoms with E-state index in [0.29, 0.717) is 33.8 Å². The van der Waals surface area contributed by atoms with Crippen molar-refractivity contribution in [3.8, 4) is 5.88 Å². The van der Waals surface area contributed by atoms with Crippen LogP contribution in [0.5, 0.6) is 5.88 Å². The van der Waals surface area contributed by atoms with E-state index in [2.05, 4.69) is 34.2 Å². The zero-order valence-corrected chi connectivity index (χ0v) is 17.5. The van der Waals surface area contributed by atoms with Crippen LogP contribution in [0.25, 0.3) is 5.65 Å². The zero-order valence-electron chi connectivity index (χ0n) is 15.9. The summed E-state index contributed by atoms with van der Waals surface area (Å²) in [5.74, 6) is -0.0901. The molecule has 0 radical (unpaired) electrons. The number of aromatic nitrogens is 4. The van der Waals surface area contributed by atoms with Crippen LogP contribution in [0.3, 0.4) is 0 Å². The Hall–Kier alpha value is -2.38. The van der Waals surface area contributed by atoms with Gasteiger partial charge in [0.25, 0.3) is 0 Å². The van der Waals surface area contributed by atoms with E-state index in [1.807, 2.05) is 0 Å². The topological polar surface area (TPSA) is 81.4 Å². The lowest BCUT2D eigenvalue weighted by Gasteiger charge is -2.19. The summed E-state index contributed by atoms with van der Waals surface area (Å²) in [6.07, 6.45) is 6.21. The fourth-order valence-corrected chi connectivity index (χ4v) is 4.34. The molecular formula is C20H19Cl2N5O2. The van der Waals surface area contributed by atoms with Crippen molar-refractivity contribution in [1.29, 1.82) is 0 Å². The summed E-state index contributed by atoms with van der Waals surface area (Å²) in [5.41, 5.74) is 2.76. The summed E-state index contributed by atoms with van der Waals surface area (Å²) in [5, 5.41) is 8.05. The summed E-state index contributed by atoms with van der Waals surface area (Å²) >= 11 is 12.3. The van der Waals surface area contributed by atoms with E-state index in [0.717, 1.165) is 24.1 Å². The number of nitrogens with zero attached hydrogens (tertiary/aromatic N) is 4. The number of ether oxygens (including phenoxy) is 1. The van der Waals surface area contributed by atoms with Crippen molar-refractivity contribution in [3.05, 3.63) is 46.0 Å². The summed E-state index contributed by atoms with van der Waals surface area (Å²) in [6, 6.07) is 3.38. The second-order valence-corrected chi connectivity index (χ2v) is 9.05. The highest BCUT2D eigenvalue weighted by molar-refractivity contribution is 6.32. The Labute approximate surface area is 177 Å². The van der Waals surface area contributed by atoms with Crippen molar-refractivity contribution < 1.29 is 9.53 Å². The van der Waals surface area contributed by atoms with Gasteiger partial charge in [-0.2, -0.15) is 5.10 Å². The van der Waals surface area contributed by atoms with Gasteiger partial charge in [0.2, 0.25) is 11.8 Å². The molecule has 0 unspecified atom stereocenters. The molecule has 1 saturated carbocycles. The fourth-order valence-electron chi connectivity index (χ4n) is 3.96. The number of nitrogens with one attached hydrogen (secondary N) is 1. The Morgan fingerprint density at radius 2 is 2.03 bits per heavy atom. The van der Waals surface area contributed by atoms with Crippen LogP contribution < -0.4 is 10.1 Å². The molecule has 2 aliphatic rings. The van der Waals surface area contributed by atoms with Gasteiger partial charge in [-0.25, -0.2) is 14.5 Å². The van der Waals surface area contributed by atoms with Gasteiger partial charge in [-0.15, -0.1) is 0 Å². The summed E-state index contributed by atoms with van der Waals surface area (Å²) in [4.78, 5) is 21.8. The molecule has 150 valence electrons. The van der Waals surface area contributed by atoms with Gasteiger partial charge in [-0.1, -0.05) is 37.0 Å². The van der Waals surface area contributed by atoms with Crippen LogP contribution in [0.15, 0.2) is 24.5 Å². The van der Waals surface area contributed by atoms with E-state index < -0.39 is 0 Å². The molecule has 1 N–H and O–H groups in total. The largest absolute Gasteiger partial charge is 0.473 e. The Balaban J connectivity index is 1.42. The van der Waals surface area contributed by atoms with Gasteiger partial charge in [0.05, 0.1) is 23.5 Å². The van der Waals surface area contributed by atoms with Gasteiger partial charge in [-0.05, 0) is 25.3 Å². The van der Waals surface area contributed by atoms with E-state index >= 15 is 0 Å². The van der Waals surface area contributed by atoms with E-state index in [4.69, 9.17) is 27.9 Å². The molecule has 0 aromatic carbocycles. The fraction of sp³-hybridized carbons (Fsp3) is 0.400. The average molecular weight is 432 g/mol. The molecule has 5 rings (SSSR count). The third-order valence-corrected chi connectivity index (χ3v) is 5.86. The molecule has 0 aliphatic heterocycles. The Bertz CT molecular complexity index is 1140. The first-order chi connectivity index (χ1) is 13.8. The molecule has 0 saturated heterocycles. The standard InChI is InChI=1S/C20H19Cl2N5O2/c1-20(2)7-12(13-9-23-16-6-15(22)26-27(16)17(13)20)18(28)25-10-5-14(21)19(24-8-10)29-11-3-4-11/h5-6,8-9,11-12H,3-4,7H2,1-2H3,(H,25,28)/t12-/m0/s1. The summed E-state index contributed by atoms with van der Waals surface area (Å²) in [6.45, 7) is 4.19. The predicted molar refractivity (Wildman–Crippen MR) is 110 cm³/mol. The average Bonchev–Trinajstić information content (AvgIpc) is 3.32. The summed E-state index contributed by atoms with van der Waals surface area (Å²) < 4.78 is 7.39. The van der Waals surface area contributed by atoms with Crippen molar-refractivity contribution in [2.75, 3.05) is 5.32 Å².